The first-order valence-electron chi connectivity index (χ1n) is 51.3. The summed E-state index contributed by atoms with van der Waals surface area (Å²) in [5, 5.41) is 23.8. The second-order valence-corrected chi connectivity index (χ2v) is 40.6. The summed E-state index contributed by atoms with van der Waals surface area (Å²) < 4.78 is 26.3. The molecule has 0 unspecified atom stereocenters. The average Bonchev–Trinajstić information content (AvgIpc) is 1.36. The Bertz CT molecular complexity index is 9660. The highest BCUT2D eigenvalue weighted by atomic mass is 16.3. The molecular formula is C140H104N4O4. The first-order valence-corrected chi connectivity index (χ1v) is 51.3. The molecule has 0 radical (unpaired) electrons. The monoisotopic (exact) mass is 1900 g/mol. The van der Waals surface area contributed by atoms with Gasteiger partial charge in [0, 0.05) is 110 Å². The van der Waals surface area contributed by atoms with Crippen molar-refractivity contribution in [2.45, 2.75) is 83.1 Å². The third-order valence-corrected chi connectivity index (χ3v) is 31.6. The first kappa shape index (κ1) is 88.7. The van der Waals surface area contributed by atoms with Crippen LogP contribution < -0.4 is 19.6 Å². The highest BCUT2D eigenvalue weighted by Crippen LogP contribution is 2.57. The lowest BCUT2D eigenvalue weighted by molar-refractivity contribution is 0.669. The van der Waals surface area contributed by atoms with E-state index in [1.807, 2.05) is 24.3 Å². The molecule has 0 aliphatic heterocycles. The van der Waals surface area contributed by atoms with Crippen molar-refractivity contribution in [2.75, 3.05) is 19.6 Å². The van der Waals surface area contributed by atoms with Crippen molar-refractivity contribution in [3.05, 3.63) is 479 Å². The van der Waals surface area contributed by atoms with Crippen LogP contribution in [0.15, 0.2) is 430 Å². The smallest absolute Gasteiger partial charge is 0.143 e. The number of fused-ring (bicyclic) bond motifs is 12. The maximum Gasteiger partial charge on any atom is 0.143 e. The normalized spacial score (nSPS) is 11.9. The van der Waals surface area contributed by atoms with Gasteiger partial charge in [0.2, 0.25) is 0 Å². The number of hydrogen-bond donors (Lipinski definition) is 0. The lowest BCUT2D eigenvalue weighted by Crippen LogP contribution is -2.15. The summed E-state index contributed by atoms with van der Waals surface area (Å²) in [5.41, 5.74) is 44.5. The molecule has 0 N–H and O–H groups in total. The molecule has 28 rings (SSSR count). The molecular weight excluding hydrogens is 1800 g/mol. The van der Waals surface area contributed by atoms with E-state index >= 15 is 0 Å². The van der Waals surface area contributed by atoms with Gasteiger partial charge in [-0.2, -0.15) is 0 Å². The van der Waals surface area contributed by atoms with E-state index < -0.39 is 0 Å². The summed E-state index contributed by atoms with van der Waals surface area (Å²) in [5.74, 6) is 0. The molecule has 8 heteroatoms. The number of rotatable bonds is 16. The van der Waals surface area contributed by atoms with E-state index in [1.165, 1.54) is 165 Å². The minimum absolute atomic E-state index is 0.905. The molecule has 0 saturated heterocycles. The number of anilines is 12. The molecule has 0 atom stereocenters. The molecule has 0 bridgehead atoms. The largest absolute Gasteiger partial charge is 0.455 e. The number of furan rings is 4. The maximum absolute atomic E-state index is 6.61. The molecule has 0 spiro atoms. The van der Waals surface area contributed by atoms with Gasteiger partial charge in [-0.1, -0.05) is 290 Å². The average molecular weight is 1910 g/mol. The molecule has 708 valence electrons. The number of benzene rings is 24. The van der Waals surface area contributed by atoms with Gasteiger partial charge < -0.3 is 37.3 Å². The minimum Gasteiger partial charge on any atom is -0.455 e. The van der Waals surface area contributed by atoms with Gasteiger partial charge in [-0.25, -0.2) is 0 Å². The Labute approximate surface area is 858 Å². The molecule has 4 heterocycles. The highest BCUT2D eigenvalue weighted by molar-refractivity contribution is 6.31. The van der Waals surface area contributed by atoms with Crippen LogP contribution in [0.1, 0.15) is 66.8 Å². The van der Waals surface area contributed by atoms with E-state index in [0.29, 0.717) is 0 Å². The van der Waals surface area contributed by atoms with Gasteiger partial charge in [0.1, 0.15) is 44.7 Å². The number of nitrogens with zero attached hydrogens (tertiary/aromatic N) is 4. The molecule has 4 aromatic heterocycles. The van der Waals surface area contributed by atoms with E-state index in [9.17, 15) is 0 Å². The fourth-order valence-corrected chi connectivity index (χ4v) is 24.6. The predicted octanol–water partition coefficient (Wildman–Crippen LogP) is 41.0. The minimum atomic E-state index is 0.905. The van der Waals surface area contributed by atoms with Crippen LogP contribution in [-0.2, 0) is 0 Å². The van der Waals surface area contributed by atoms with Gasteiger partial charge in [0.25, 0.3) is 0 Å². The summed E-state index contributed by atoms with van der Waals surface area (Å²) in [6.07, 6.45) is 0. The Morgan fingerprint density at radius 3 is 0.696 bits per heavy atom. The summed E-state index contributed by atoms with van der Waals surface area (Å²) >= 11 is 0. The molecule has 0 fully saturated rings. The molecule has 24 aromatic carbocycles. The summed E-state index contributed by atoms with van der Waals surface area (Å²) in [6.45, 7) is 27.0. The Hall–Kier alpha value is -18.2. The van der Waals surface area contributed by atoms with E-state index in [2.05, 4.69) is 491 Å². The fourth-order valence-electron chi connectivity index (χ4n) is 24.6. The van der Waals surface area contributed by atoms with Crippen LogP contribution in [0.5, 0.6) is 0 Å². The summed E-state index contributed by atoms with van der Waals surface area (Å²) in [7, 11) is 0. The van der Waals surface area contributed by atoms with Crippen molar-refractivity contribution in [2.24, 2.45) is 0 Å². The summed E-state index contributed by atoms with van der Waals surface area (Å²) in [6, 6.07) is 150. The van der Waals surface area contributed by atoms with Crippen LogP contribution in [0.25, 0.3) is 197 Å². The topological polar surface area (TPSA) is 65.5 Å². The Balaban J connectivity index is 0.000000146. The maximum atomic E-state index is 6.61. The van der Waals surface area contributed by atoms with Crippen molar-refractivity contribution in [1.82, 2.24) is 0 Å². The van der Waals surface area contributed by atoms with Crippen LogP contribution in [0.2, 0.25) is 0 Å². The molecule has 28 aromatic rings. The van der Waals surface area contributed by atoms with Gasteiger partial charge in [0.05, 0.1) is 45.5 Å². The lowest BCUT2D eigenvalue weighted by Gasteiger charge is -2.33. The lowest BCUT2D eigenvalue weighted by atomic mass is 9.89. The number of para-hydroxylation sites is 10. The molecule has 148 heavy (non-hydrogen) atoms. The van der Waals surface area contributed by atoms with Crippen LogP contribution in [-0.4, -0.2) is 0 Å². The van der Waals surface area contributed by atoms with Crippen molar-refractivity contribution >= 4 is 221 Å². The predicted molar refractivity (Wildman–Crippen MR) is 627 cm³/mol. The standard InChI is InChI=1S/2C70H52N2O2/c1-41-21-29-51(30-22-41)71(67-43(3)37-49(38-44(67)4)53-15-11-17-57-55-13-7-9-19-63(55)73-69(53)57)61-35-27-47-26-34-60-62(36-28-48-25-33-59(61)65(47)66(48)60)72(52-31-23-42(2)24-32-52)68-45(5)39-50(40-46(68)6)54-16-12-18-58-56-14-8-10-20-64(56)74-70(54)58;1-41-39-59(55-27-17-25-53-51-23-13-15-29-63(51)73-69(53)55)43(3)45(5)67(41)71(49-19-9-7-10-20-49)61-37-33-47-32-36-58-62(38-34-48-31-35-57(61)65(47)66(48)58)72(50-21-11-8-12-22-50)68-42(2)40-60(44(4)46(68)6)56-28-18-26-54-52-24-14-16-30-64(52)74-70(54)56/h2*7-40H,1-6H3. The van der Waals surface area contributed by atoms with Crippen molar-refractivity contribution in [3.63, 3.8) is 0 Å². The Morgan fingerprint density at radius 2 is 0.399 bits per heavy atom. The van der Waals surface area contributed by atoms with Crippen LogP contribution in [0, 0.1) is 83.1 Å². The van der Waals surface area contributed by atoms with Crippen molar-refractivity contribution in [3.8, 4) is 44.5 Å². The third-order valence-electron chi connectivity index (χ3n) is 31.6. The van der Waals surface area contributed by atoms with Crippen molar-refractivity contribution < 1.29 is 17.7 Å². The molecule has 8 nitrogen and oxygen atoms in total. The van der Waals surface area contributed by atoms with Crippen LogP contribution in [0.4, 0.5) is 68.2 Å². The third kappa shape index (κ3) is 14.1. The molecule has 0 aliphatic rings. The van der Waals surface area contributed by atoms with Gasteiger partial charge in [-0.15, -0.1) is 0 Å². The highest BCUT2D eigenvalue weighted by Gasteiger charge is 2.32. The zero-order valence-electron chi connectivity index (χ0n) is 84.7. The van der Waals surface area contributed by atoms with Crippen LogP contribution >= 0.6 is 0 Å². The molecule has 0 saturated carbocycles. The van der Waals surface area contributed by atoms with Gasteiger partial charge in [-0.3, -0.25) is 0 Å². The van der Waals surface area contributed by atoms with Gasteiger partial charge >= 0.3 is 0 Å². The zero-order valence-corrected chi connectivity index (χ0v) is 84.7. The number of hydrogen-bond acceptors (Lipinski definition) is 8. The SMILES string of the molecule is Cc1cc(-c2cccc3c2oc2ccccc23)c(C)c(C)c1N(c1ccccc1)c1ccc2ccc3c(N(c4ccccc4)c4c(C)cc(-c5cccc6c5oc5ccccc56)c(C)c4C)ccc4ccc1c2c43.Cc1ccc(N(c2c(C)cc(-c3cccc4c3oc3ccccc34)cc2C)c2ccc3ccc4c(N(c5ccc(C)cc5)c5c(C)cc(-c6cccc7c6oc6ccccc67)cc5C)ccc5ccc2c3c54)cc1. The van der Waals surface area contributed by atoms with E-state index in [-0.39, 0.29) is 0 Å². The fraction of sp³-hybridized carbons (Fsp3) is 0.0857. The van der Waals surface area contributed by atoms with E-state index in [1.54, 1.807) is 0 Å². The van der Waals surface area contributed by atoms with E-state index in [0.717, 1.165) is 167 Å². The molecule has 0 amide bonds. The Morgan fingerprint density at radius 1 is 0.162 bits per heavy atom. The molecule has 0 aliphatic carbocycles. The summed E-state index contributed by atoms with van der Waals surface area (Å²) in [4.78, 5) is 9.97. The quantitative estimate of drug-likeness (QED) is 0.0887. The van der Waals surface area contributed by atoms with Crippen LogP contribution in [0.3, 0.4) is 0 Å². The Kier molecular flexibility index (Phi) is 20.8. The second-order valence-electron chi connectivity index (χ2n) is 40.6. The van der Waals surface area contributed by atoms with E-state index in [4.69, 9.17) is 17.7 Å². The first-order chi connectivity index (χ1) is 72.4. The zero-order chi connectivity index (χ0) is 99.9. The van der Waals surface area contributed by atoms with Gasteiger partial charge in [-0.05, 0) is 338 Å². The second kappa shape index (κ2) is 34.8. The van der Waals surface area contributed by atoms with Crippen molar-refractivity contribution in [1.29, 1.82) is 0 Å². The van der Waals surface area contributed by atoms with Gasteiger partial charge in [0.15, 0.2) is 0 Å². The number of aryl methyl sites for hydroxylation is 8.